The van der Waals surface area contributed by atoms with E-state index in [9.17, 15) is 0 Å². The molecule has 0 saturated heterocycles. The van der Waals surface area contributed by atoms with Gasteiger partial charge in [-0.05, 0) is 23.9 Å². The SMILES string of the molecule is Cc1ccsc1-c1cnc(N(C)C#N)nc1. The first-order chi connectivity index (χ1) is 7.72. The van der Waals surface area contributed by atoms with Crippen LogP contribution in [0.1, 0.15) is 5.56 Å². The first kappa shape index (κ1) is 10.6. The van der Waals surface area contributed by atoms with E-state index in [1.807, 2.05) is 11.6 Å². The molecule has 5 heteroatoms. The molecule has 0 amide bonds. The van der Waals surface area contributed by atoms with E-state index in [-0.39, 0.29) is 0 Å². The van der Waals surface area contributed by atoms with Gasteiger partial charge in [0.05, 0.1) is 0 Å². The molecule has 0 bridgehead atoms. The number of hydrogen-bond acceptors (Lipinski definition) is 5. The molecule has 80 valence electrons. The van der Waals surface area contributed by atoms with Gasteiger partial charge in [-0.1, -0.05) is 0 Å². The Labute approximate surface area is 97.8 Å². The van der Waals surface area contributed by atoms with Gasteiger partial charge in [-0.15, -0.1) is 11.3 Å². The normalized spacial score (nSPS) is 9.81. The summed E-state index contributed by atoms with van der Waals surface area (Å²) >= 11 is 1.66. The Morgan fingerprint density at radius 1 is 1.38 bits per heavy atom. The second-order valence-electron chi connectivity index (χ2n) is 3.36. The van der Waals surface area contributed by atoms with Crippen molar-refractivity contribution in [2.45, 2.75) is 6.92 Å². The van der Waals surface area contributed by atoms with Gasteiger partial charge < -0.3 is 0 Å². The molecular weight excluding hydrogens is 220 g/mol. The summed E-state index contributed by atoms with van der Waals surface area (Å²) in [6.07, 6.45) is 5.45. The van der Waals surface area contributed by atoms with E-state index in [1.54, 1.807) is 30.8 Å². The van der Waals surface area contributed by atoms with E-state index in [0.29, 0.717) is 5.95 Å². The highest BCUT2D eigenvalue weighted by atomic mass is 32.1. The van der Waals surface area contributed by atoms with Gasteiger partial charge in [0, 0.05) is 29.9 Å². The zero-order valence-electron chi connectivity index (χ0n) is 9.01. The van der Waals surface area contributed by atoms with Crippen molar-refractivity contribution in [2.24, 2.45) is 0 Å². The molecule has 0 spiro atoms. The molecule has 0 saturated carbocycles. The second kappa shape index (κ2) is 4.29. The fraction of sp³-hybridized carbons (Fsp3) is 0.182. The van der Waals surface area contributed by atoms with E-state index in [2.05, 4.69) is 23.0 Å². The average Bonchev–Trinajstić information content (AvgIpc) is 2.75. The Kier molecular flexibility index (Phi) is 2.84. The lowest BCUT2D eigenvalue weighted by Gasteiger charge is -2.06. The van der Waals surface area contributed by atoms with E-state index >= 15 is 0 Å². The van der Waals surface area contributed by atoms with Crippen LogP contribution < -0.4 is 4.90 Å². The van der Waals surface area contributed by atoms with Crippen molar-refractivity contribution in [3.63, 3.8) is 0 Å². The summed E-state index contributed by atoms with van der Waals surface area (Å²) in [5, 5.41) is 10.7. The predicted molar refractivity (Wildman–Crippen MR) is 64.1 cm³/mol. The van der Waals surface area contributed by atoms with Crippen molar-refractivity contribution in [1.82, 2.24) is 9.97 Å². The smallest absolute Gasteiger partial charge is 0.238 e. The van der Waals surface area contributed by atoms with Crippen LogP contribution in [-0.4, -0.2) is 17.0 Å². The first-order valence-corrected chi connectivity index (χ1v) is 5.60. The minimum absolute atomic E-state index is 0.417. The number of hydrogen-bond donors (Lipinski definition) is 0. The third-order valence-corrected chi connectivity index (χ3v) is 3.28. The molecule has 2 heterocycles. The van der Waals surface area contributed by atoms with Crippen LogP contribution in [0.3, 0.4) is 0 Å². The van der Waals surface area contributed by atoms with Crippen LogP contribution in [-0.2, 0) is 0 Å². The van der Waals surface area contributed by atoms with Gasteiger partial charge in [-0.3, -0.25) is 4.90 Å². The van der Waals surface area contributed by atoms with Crippen LogP contribution in [0.4, 0.5) is 5.95 Å². The fourth-order valence-electron chi connectivity index (χ4n) is 1.32. The van der Waals surface area contributed by atoms with Gasteiger partial charge in [0.15, 0.2) is 6.19 Å². The van der Waals surface area contributed by atoms with Crippen LogP contribution in [0.25, 0.3) is 10.4 Å². The largest absolute Gasteiger partial charge is 0.250 e. The lowest BCUT2D eigenvalue weighted by molar-refractivity contribution is 1.05. The Hall–Kier alpha value is -1.93. The molecule has 0 aliphatic carbocycles. The highest BCUT2D eigenvalue weighted by Gasteiger charge is 2.06. The lowest BCUT2D eigenvalue weighted by atomic mass is 10.2. The molecule has 0 unspecified atom stereocenters. The maximum atomic E-state index is 8.68. The van der Waals surface area contributed by atoms with Gasteiger partial charge >= 0.3 is 0 Å². The van der Waals surface area contributed by atoms with Crippen molar-refractivity contribution in [2.75, 3.05) is 11.9 Å². The predicted octanol–water partition coefficient (Wildman–Crippen LogP) is 2.43. The third-order valence-electron chi connectivity index (χ3n) is 2.21. The third kappa shape index (κ3) is 1.88. The van der Waals surface area contributed by atoms with Crippen LogP contribution >= 0.6 is 11.3 Å². The fourth-order valence-corrected chi connectivity index (χ4v) is 2.23. The summed E-state index contributed by atoms with van der Waals surface area (Å²) in [5.41, 5.74) is 2.21. The Morgan fingerprint density at radius 3 is 2.56 bits per heavy atom. The first-order valence-electron chi connectivity index (χ1n) is 4.72. The standard InChI is InChI=1S/C11H10N4S/c1-8-3-4-16-10(8)9-5-13-11(14-6-9)15(2)7-12/h3-6H,1-2H3. The van der Waals surface area contributed by atoms with E-state index < -0.39 is 0 Å². The van der Waals surface area contributed by atoms with Crippen LogP contribution in [0.2, 0.25) is 0 Å². The van der Waals surface area contributed by atoms with Crippen LogP contribution in [0, 0.1) is 18.4 Å². The monoisotopic (exact) mass is 230 g/mol. The maximum absolute atomic E-state index is 8.68. The lowest BCUT2D eigenvalue weighted by Crippen LogP contribution is -2.11. The molecule has 0 atom stereocenters. The molecule has 0 aromatic carbocycles. The number of nitriles is 1. The average molecular weight is 230 g/mol. The molecule has 0 aliphatic heterocycles. The molecule has 2 aromatic rings. The van der Waals surface area contributed by atoms with Crippen LogP contribution in [0.5, 0.6) is 0 Å². The molecule has 2 aromatic heterocycles. The molecule has 16 heavy (non-hydrogen) atoms. The van der Waals surface area contributed by atoms with Crippen molar-refractivity contribution in [1.29, 1.82) is 5.26 Å². The molecule has 0 aliphatic rings. The number of aromatic nitrogens is 2. The van der Waals surface area contributed by atoms with Crippen molar-refractivity contribution in [3.05, 3.63) is 29.4 Å². The zero-order chi connectivity index (χ0) is 11.5. The summed E-state index contributed by atoms with van der Waals surface area (Å²) in [5.74, 6) is 0.417. The topological polar surface area (TPSA) is 52.8 Å². The number of anilines is 1. The van der Waals surface area contributed by atoms with E-state index in [1.165, 1.54) is 15.3 Å². The maximum Gasteiger partial charge on any atom is 0.238 e. The Bertz CT molecular complexity index is 524. The van der Waals surface area contributed by atoms with Gasteiger partial charge in [0.1, 0.15) is 0 Å². The summed E-state index contributed by atoms with van der Waals surface area (Å²) in [7, 11) is 1.63. The highest BCUT2D eigenvalue weighted by molar-refractivity contribution is 7.13. The van der Waals surface area contributed by atoms with Crippen molar-refractivity contribution < 1.29 is 0 Å². The van der Waals surface area contributed by atoms with Gasteiger partial charge in [-0.25, -0.2) is 9.97 Å². The van der Waals surface area contributed by atoms with Gasteiger partial charge in [-0.2, -0.15) is 5.26 Å². The van der Waals surface area contributed by atoms with Gasteiger partial charge in [0.2, 0.25) is 5.95 Å². The quantitative estimate of drug-likeness (QED) is 0.587. The summed E-state index contributed by atoms with van der Waals surface area (Å²) in [6, 6.07) is 2.06. The molecule has 2 rings (SSSR count). The molecule has 0 radical (unpaired) electrons. The van der Waals surface area contributed by atoms with Crippen molar-refractivity contribution in [3.8, 4) is 16.6 Å². The summed E-state index contributed by atoms with van der Waals surface area (Å²) in [6.45, 7) is 2.06. The molecule has 4 nitrogen and oxygen atoms in total. The summed E-state index contributed by atoms with van der Waals surface area (Å²) < 4.78 is 0. The Morgan fingerprint density at radius 2 is 2.06 bits per heavy atom. The van der Waals surface area contributed by atoms with E-state index in [4.69, 9.17) is 5.26 Å². The summed E-state index contributed by atoms with van der Waals surface area (Å²) in [4.78, 5) is 10.8. The minimum Gasteiger partial charge on any atom is -0.250 e. The van der Waals surface area contributed by atoms with Crippen LogP contribution in [0.15, 0.2) is 23.8 Å². The number of aryl methyl sites for hydroxylation is 1. The minimum atomic E-state index is 0.417. The number of rotatable bonds is 2. The van der Waals surface area contributed by atoms with Crippen molar-refractivity contribution >= 4 is 17.3 Å². The van der Waals surface area contributed by atoms with E-state index in [0.717, 1.165) is 5.56 Å². The molecule has 0 fully saturated rings. The molecular formula is C11H10N4S. The molecule has 0 N–H and O–H groups in total. The Balaban J connectivity index is 2.34. The number of nitrogens with zero attached hydrogens (tertiary/aromatic N) is 4. The highest BCUT2D eigenvalue weighted by Crippen LogP contribution is 2.28. The van der Waals surface area contributed by atoms with Gasteiger partial charge in [0.25, 0.3) is 0 Å². The zero-order valence-corrected chi connectivity index (χ0v) is 9.82. The second-order valence-corrected chi connectivity index (χ2v) is 4.28. The number of thiophene rings is 1.